The van der Waals surface area contributed by atoms with E-state index < -0.39 is 11.6 Å². The van der Waals surface area contributed by atoms with Crippen molar-refractivity contribution >= 4 is 17.5 Å². The molecule has 5 N–H and O–H groups in total. The van der Waals surface area contributed by atoms with Gasteiger partial charge in [0, 0.05) is 32.2 Å². The summed E-state index contributed by atoms with van der Waals surface area (Å²) in [5, 5.41) is 26.7. The lowest BCUT2D eigenvalue weighted by atomic mass is 9.79. The maximum Gasteiger partial charge on any atom is 0.306 e. The number of carbonyl (C=O) groups is 1. The van der Waals surface area contributed by atoms with Crippen LogP contribution in [-0.4, -0.2) is 69.7 Å². The van der Waals surface area contributed by atoms with Gasteiger partial charge in [0.05, 0.1) is 23.9 Å². The summed E-state index contributed by atoms with van der Waals surface area (Å²) in [5.74, 6) is -0.953. The van der Waals surface area contributed by atoms with E-state index in [4.69, 9.17) is 16.2 Å². The zero-order chi connectivity index (χ0) is 18.7. The number of amidine groups is 1. The van der Waals surface area contributed by atoms with Crippen LogP contribution in [-0.2, 0) is 4.79 Å². The minimum atomic E-state index is -1.03. The van der Waals surface area contributed by atoms with Gasteiger partial charge in [0.2, 0.25) is 0 Å². The molecule has 1 aliphatic carbocycles. The zero-order valence-corrected chi connectivity index (χ0v) is 14.9. The van der Waals surface area contributed by atoms with Crippen LogP contribution in [0, 0.1) is 5.41 Å². The van der Waals surface area contributed by atoms with E-state index in [0.29, 0.717) is 24.6 Å². The van der Waals surface area contributed by atoms with Gasteiger partial charge < -0.3 is 20.8 Å². The number of rotatable bonds is 5. The molecule has 0 spiro atoms. The second-order valence-corrected chi connectivity index (χ2v) is 7.36. The number of carboxylic acid groups (broad SMARTS) is 1. The number of nitrogen functional groups attached to an aromatic ring is 1. The molecule has 0 bridgehead atoms. The van der Waals surface area contributed by atoms with Crippen molar-refractivity contribution in [2.45, 2.75) is 43.7 Å². The van der Waals surface area contributed by atoms with Crippen molar-refractivity contribution in [2.75, 3.05) is 31.1 Å². The highest BCUT2D eigenvalue weighted by Crippen LogP contribution is 2.34. The summed E-state index contributed by atoms with van der Waals surface area (Å²) in [5.41, 5.74) is 5.93. The number of nitrogens with one attached hydrogen (secondary N) is 1. The van der Waals surface area contributed by atoms with Gasteiger partial charge in [0.25, 0.3) is 0 Å². The molecule has 1 saturated carbocycles. The second kappa shape index (κ2) is 7.59. The molecule has 0 atom stereocenters. The molecule has 26 heavy (non-hydrogen) atoms. The van der Waals surface area contributed by atoms with Gasteiger partial charge >= 0.3 is 5.97 Å². The number of aliphatic hydroxyl groups is 1. The number of hydrogen-bond acceptors (Lipinski definition) is 6. The molecule has 8 nitrogen and oxygen atoms in total. The lowest BCUT2D eigenvalue weighted by Gasteiger charge is -2.44. The van der Waals surface area contributed by atoms with E-state index in [1.54, 1.807) is 12.3 Å². The third-order valence-electron chi connectivity index (χ3n) is 5.59. The minimum Gasteiger partial charge on any atom is -0.481 e. The molecular weight excluding hydrogens is 334 g/mol. The maximum atomic E-state index is 10.9. The van der Waals surface area contributed by atoms with Gasteiger partial charge in [-0.3, -0.25) is 20.1 Å². The molecule has 0 unspecified atom stereocenters. The summed E-state index contributed by atoms with van der Waals surface area (Å²) in [6.45, 7) is 3.68. The molecular formula is C18H27N5O3. The molecule has 1 aromatic heterocycles. The standard InChI is InChI=1S/C18H27N5O3/c19-17(20)15-2-1-14(12-21-15)23-9-7-22(8-10-23)13-3-5-18(26,6-4-13)11-16(24)25/h1-2,12-13,26H,3-11H2,(H3,19,20)(H,24,25)/t13-,18+. The Morgan fingerprint density at radius 2 is 1.92 bits per heavy atom. The first-order chi connectivity index (χ1) is 12.4. The van der Waals surface area contributed by atoms with Crippen molar-refractivity contribution < 1.29 is 15.0 Å². The number of hydrogen-bond donors (Lipinski definition) is 4. The minimum absolute atomic E-state index is 0.0264. The van der Waals surface area contributed by atoms with Crippen molar-refractivity contribution in [3.63, 3.8) is 0 Å². The van der Waals surface area contributed by atoms with Gasteiger partial charge in [-0.2, -0.15) is 0 Å². The van der Waals surface area contributed by atoms with Crippen LogP contribution in [0.4, 0.5) is 5.69 Å². The monoisotopic (exact) mass is 361 g/mol. The summed E-state index contributed by atoms with van der Waals surface area (Å²) in [6, 6.07) is 4.14. The highest BCUT2D eigenvalue weighted by molar-refractivity contribution is 5.93. The Kier molecular flexibility index (Phi) is 5.43. The van der Waals surface area contributed by atoms with Gasteiger partial charge in [-0.25, -0.2) is 0 Å². The maximum absolute atomic E-state index is 10.9. The first-order valence-electron chi connectivity index (χ1n) is 9.10. The summed E-state index contributed by atoms with van der Waals surface area (Å²) in [6.07, 6.45) is 4.41. The Morgan fingerprint density at radius 3 is 2.42 bits per heavy atom. The Labute approximate surface area is 153 Å². The van der Waals surface area contributed by atoms with Crippen LogP contribution >= 0.6 is 0 Å². The lowest BCUT2D eigenvalue weighted by Crippen LogP contribution is -2.52. The average Bonchev–Trinajstić information content (AvgIpc) is 2.62. The van der Waals surface area contributed by atoms with Gasteiger partial charge in [0.1, 0.15) is 11.5 Å². The molecule has 0 amide bonds. The molecule has 1 saturated heterocycles. The molecule has 2 fully saturated rings. The number of piperazine rings is 1. The van der Waals surface area contributed by atoms with Gasteiger partial charge in [0.15, 0.2) is 0 Å². The summed E-state index contributed by atoms with van der Waals surface area (Å²) in [4.78, 5) is 19.8. The van der Waals surface area contributed by atoms with Gasteiger partial charge in [-0.1, -0.05) is 0 Å². The van der Waals surface area contributed by atoms with Crippen molar-refractivity contribution in [3.05, 3.63) is 24.0 Å². The number of pyridine rings is 1. The normalized spacial score (nSPS) is 27.3. The topological polar surface area (TPSA) is 127 Å². The lowest BCUT2D eigenvalue weighted by molar-refractivity contribution is -0.144. The summed E-state index contributed by atoms with van der Waals surface area (Å²) < 4.78 is 0. The van der Waals surface area contributed by atoms with Crippen LogP contribution in [0.3, 0.4) is 0 Å². The van der Waals surface area contributed by atoms with Crippen molar-refractivity contribution in [1.82, 2.24) is 9.88 Å². The van der Waals surface area contributed by atoms with Gasteiger partial charge in [-0.15, -0.1) is 0 Å². The van der Waals surface area contributed by atoms with Crippen LogP contribution in [0.1, 0.15) is 37.8 Å². The van der Waals surface area contributed by atoms with E-state index in [1.807, 2.05) is 6.07 Å². The molecule has 142 valence electrons. The van der Waals surface area contributed by atoms with E-state index >= 15 is 0 Å². The fourth-order valence-corrected chi connectivity index (χ4v) is 4.04. The molecule has 0 radical (unpaired) electrons. The number of anilines is 1. The van der Waals surface area contributed by atoms with Crippen LogP contribution < -0.4 is 10.6 Å². The molecule has 1 aromatic rings. The predicted molar refractivity (Wildman–Crippen MR) is 98.5 cm³/mol. The number of aliphatic carboxylic acids is 1. The van der Waals surface area contributed by atoms with Crippen LogP contribution in [0.5, 0.6) is 0 Å². The van der Waals surface area contributed by atoms with Crippen LogP contribution in [0.15, 0.2) is 18.3 Å². The molecule has 2 aliphatic rings. The van der Waals surface area contributed by atoms with E-state index in [0.717, 1.165) is 44.7 Å². The highest BCUT2D eigenvalue weighted by atomic mass is 16.4. The number of nitrogens with zero attached hydrogens (tertiary/aromatic N) is 3. The van der Waals surface area contributed by atoms with Crippen molar-refractivity contribution in [2.24, 2.45) is 5.73 Å². The average molecular weight is 361 g/mol. The fourth-order valence-electron chi connectivity index (χ4n) is 4.04. The SMILES string of the molecule is N=C(N)c1ccc(N2CCN([C@H]3CC[C@](O)(CC(=O)O)CC3)CC2)cn1. The largest absolute Gasteiger partial charge is 0.481 e. The number of aromatic nitrogens is 1. The zero-order valence-electron chi connectivity index (χ0n) is 14.9. The van der Waals surface area contributed by atoms with E-state index in [-0.39, 0.29) is 12.3 Å². The molecule has 1 aliphatic heterocycles. The fraction of sp³-hybridized carbons (Fsp3) is 0.611. The van der Waals surface area contributed by atoms with Crippen molar-refractivity contribution in [3.8, 4) is 0 Å². The Hall–Kier alpha value is -2.19. The third-order valence-corrected chi connectivity index (χ3v) is 5.59. The van der Waals surface area contributed by atoms with Crippen LogP contribution in [0.2, 0.25) is 0 Å². The van der Waals surface area contributed by atoms with E-state index in [1.165, 1.54) is 0 Å². The van der Waals surface area contributed by atoms with Crippen molar-refractivity contribution in [1.29, 1.82) is 5.41 Å². The summed E-state index contributed by atoms with van der Waals surface area (Å²) in [7, 11) is 0. The molecule has 8 heteroatoms. The predicted octanol–water partition coefficient (Wildman–Crippen LogP) is 0.636. The quantitative estimate of drug-likeness (QED) is 0.448. The first kappa shape index (κ1) is 18.6. The molecule has 2 heterocycles. The number of carboxylic acids is 1. The summed E-state index contributed by atoms with van der Waals surface area (Å²) >= 11 is 0. The highest BCUT2D eigenvalue weighted by Gasteiger charge is 2.37. The van der Waals surface area contributed by atoms with E-state index in [9.17, 15) is 9.90 Å². The van der Waals surface area contributed by atoms with Gasteiger partial charge in [-0.05, 0) is 37.8 Å². The van der Waals surface area contributed by atoms with Crippen LogP contribution in [0.25, 0.3) is 0 Å². The Bertz CT molecular complexity index is 647. The third kappa shape index (κ3) is 4.31. The Morgan fingerprint density at radius 1 is 1.27 bits per heavy atom. The second-order valence-electron chi connectivity index (χ2n) is 7.36. The Balaban J connectivity index is 1.50. The van der Waals surface area contributed by atoms with E-state index in [2.05, 4.69) is 14.8 Å². The molecule has 3 rings (SSSR count). The smallest absolute Gasteiger partial charge is 0.306 e. The first-order valence-corrected chi connectivity index (χ1v) is 9.10. The molecule has 0 aromatic carbocycles. The number of nitrogens with two attached hydrogens (primary N) is 1.